The fourth-order valence-corrected chi connectivity index (χ4v) is 3.38. The van der Waals surface area contributed by atoms with E-state index in [2.05, 4.69) is 40.0 Å². The third kappa shape index (κ3) is 3.10. The number of nitrogens with zero attached hydrogens (tertiary/aromatic N) is 2. The van der Waals surface area contributed by atoms with Crippen LogP contribution in [0.4, 0.5) is 5.82 Å². The third-order valence-corrected chi connectivity index (χ3v) is 5.10. The van der Waals surface area contributed by atoms with Crippen LogP contribution in [-0.4, -0.2) is 9.97 Å². The number of nitrogen functional groups attached to an aromatic ring is 1. The van der Waals surface area contributed by atoms with Gasteiger partial charge in [0.1, 0.15) is 11.6 Å². The van der Waals surface area contributed by atoms with Gasteiger partial charge in [-0.2, -0.15) is 0 Å². The monoisotopic (exact) mass is 345 g/mol. The Labute approximate surface area is 134 Å². The molecule has 21 heavy (non-hydrogen) atoms. The second-order valence-electron chi connectivity index (χ2n) is 5.95. The molecule has 1 saturated carbocycles. The van der Waals surface area contributed by atoms with Gasteiger partial charge in [-0.1, -0.05) is 50.1 Å². The Bertz CT molecular complexity index is 619. The highest BCUT2D eigenvalue weighted by Gasteiger charge is 2.23. The molecule has 0 saturated heterocycles. The van der Waals surface area contributed by atoms with Gasteiger partial charge in [-0.15, -0.1) is 0 Å². The Hall–Kier alpha value is -1.42. The van der Waals surface area contributed by atoms with Crippen molar-refractivity contribution in [2.75, 3.05) is 5.73 Å². The standard InChI is InChI=1S/C17H20BrN3/c1-11-7-9-13(10-8-11)17-20-15(14(18)16(19)21-17)12-5-3-2-4-6-12/h2-6,11,13H,7-10H2,1H3,(H2,19,20,21). The van der Waals surface area contributed by atoms with Crippen molar-refractivity contribution >= 4 is 21.7 Å². The molecule has 110 valence electrons. The summed E-state index contributed by atoms with van der Waals surface area (Å²) in [4.78, 5) is 9.34. The van der Waals surface area contributed by atoms with E-state index in [1.807, 2.05) is 18.2 Å². The molecule has 2 aromatic rings. The highest BCUT2D eigenvalue weighted by Crippen LogP contribution is 2.37. The lowest BCUT2D eigenvalue weighted by atomic mass is 9.82. The molecule has 0 spiro atoms. The van der Waals surface area contributed by atoms with E-state index in [9.17, 15) is 0 Å². The maximum Gasteiger partial charge on any atom is 0.142 e. The fraction of sp³-hybridized carbons (Fsp3) is 0.412. The first-order chi connectivity index (χ1) is 10.1. The summed E-state index contributed by atoms with van der Waals surface area (Å²) in [5.74, 6) is 2.71. The number of halogens is 1. The molecule has 0 amide bonds. The van der Waals surface area contributed by atoms with Gasteiger partial charge in [0, 0.05) is 11.5 Å². The first-order valence-electron chi connectivity index (χ1n) is 7.53. The summed E-state index contributed by atoms with van der Waals surface area (Å²) < 4.78 is 0.793. The van der Waals surface area contributed by atoms with Crippen molar-refractivity contribution in [1.82, 2.24) is 9.97 Å². The molecule has 0 bridgehead atoms. The average Bonchev–Trinajstić information content (AvgIpc) is 2.51. The van der Waals surface area contributed by atoms with Crippen LogP contribution in [0.25, 0.3) is 11.3 Å². The van der Waals surface area contributed by atoms with Gasteiger partial charge < -0.3 is 5.73 Å². The summed E-state index contributed by atoms with van der Waals surface area (Å²) in [5, 5.41) is 0. The Morgan fingerprint density at radius 3 is 2.38 bits per heavy atom. The Kier molecular flexibility index (Phi) is 4.24. The van der Waals surface area contributed by atoms with E-state index < -0.39 is 0 Å². The van der Waals surface area contributed by atoms with Crippen LogP contribution < -0.4 is 5.73 Å². The molecule has 4 heteroatoms. The molecule has 2 N–H and O–H groups in total. The highest BCUT2D eigenvalue weighted by atomic mass is 79.9. The van der Waals surface area contributed by atoms with Crippen LogP contribution in [-0.2, 0) is 0 Å². The number of nitrogens with two attached hydrogens (primary N) is 1. The van der Waals surface area contributed by atoms with Gasteiger partial charge >= 0.3 is 0 Å². The van der Waals surface area contributed by atoms with Crippen molar-refractivity contribution in [2.45, 2.75) is 38.5 Å². The first kappa shape index (κ1) is 14.5. The summed E-state index contributed by atoms with van der Waals surface area (Å²) in [5.41, 5.74) is 8.07. The number of benzene rings is 1. The number of hydrogen-bond donors (Lipinski definition) is 1. The lowest BCUT2D eigenvalue weighted by Crippen LogP contribution is -2.15. The number of aromatic nitrogens is 2. The van der Waals surface area contributed by atoms with Gasteiger partial charge in [-0.25, -0.2) is 9.97 Å². The van der Waals surface area contributed by atoms with Gasteiger partial charge in [-0.3, -0.25) is 0 Å². The predicted molar refractivity (Wildman–Crippen MR) is 90.0 cm³/mol. The van der Waals surface area contributed by atoms with Crippen LogP contribution in [0, 0.1) is 5.92 Å². The molecule has 1 aliphatic carbocycles. The maximum atomic E-state index is 6.09. The summed E-state index contributed by atoms with van der Waals surface area (Å²) >= 11 is 3.53. The van der Waals surface area contributed by atoms with E-state index in [0.29, 0.717) is 11.7 Å². The van der Waals surface area contributed by atoms with Crippen LogP contribution in [0.3, 0.4) is 0 Å². The van der Waals surface area contributed by atoms with Crippen LogP contribution in [0.2, 0.25) is 0 Å². The van der Waals surface area contributed by atoms with Crippen molar-refractivity contribution in [2.24, 2.45) is 5.92 Å². The van der Waals surface area contributed by atoms with E-state index in [-0.39, 0.29) is 0 Å². The maximum absolute atomic E-state index is 6.09. The second-order valence-corrected chi connectivity index (χ2v) is 6.75. The highest BCUT2D eigenvalue weighted by molar-refractivity contribution is 9.10. The van der Waals surface area contributed by atoms with Crippen LogP contribution in [0.15, 0.2) is 34.8 Å². The minimum absolute atomic E-state index is 0.444. The summed E-state index contributed by atoms with van der Waals surface area (Å²) in [6.45, 7) is 2.32. The average molecular weight is 346 g/mol. The molecule has 1 heterocycles. The van der Waals surface area contributed by atoms with Gasteiger partial charge in [0.2, 0.25) is 0 Å². The van der Waals surface area contributed by atoms with Crippen molar-refractivity contribution in [1.29, 1.82) is 0 Å². The number of rotatable bonds is 2. The Balaban J connectivity index is 1.98. The molecule has 0 unspecified atom stereocenters. The van der Waals surface area contributed by atoms with Crippen LogP contribution in [0.5, 0.6) is 0 Å². The fourth-order valence-electron chi connectivity index (χ4n) is 2.97. The van der Waals surface area contributed by atoms with Crippen LogP contribution in [0.1, 0.15) is 44.3 Å². The minimum Gasteiger partial charge on any atom is -0.383 e. The van der Waals surface area contributed by atoms with Crippen molar-refractivity contribution in [3.05, 3.63) is 40.6 Å². The number of anilines is 1. The minimum atomic E-state index is 0.444. The predicted octanol–water partition coefficient (Wildman–Crippen LogP) is 4.78. The van der Waals surface area contributed by atoms with Crippen molar-refractivity contribution in [3.63, 3.8) is 0 Å². The van der Waals surface area contributed by atoms with E-state index in [4.69, 9.17) is 10.7 Å². The summed E-state index contributed by atoms with van der Waals surface area (Å²) in [7, 11) is 0. The van der Waals surface area contributed by atoms with Gasteiger partial charge in [0.05, 0.1) is 10.2 Å². The third-order valence-electron chi connectivity index (χ3n) is 4.32. The topological polar surface area (TPSA) is 51.8 Å². The summed E-state index contributed by atoms with van der Waals surface area (Å²) in [6.07, 6.45) is 4.84. The summed E-state index contributed by atoms with van der Waals surface area (Å²) in [6, 6.07) is 10.1. The SMILES string of the molecule is CC1CCC(c2nc(N)c(Br)c(-c3ccccc3)n2)CC1. The molecule has 3 rings (SSSR count). The van der Waals surface area contributed by atoms with E-state index >= 15 is 0 Å². The molecule has 0 atom stereocenters. The van der Waals surface area contributed by atoms with Gasteiger partial charge in [0.15, 0.2) is 0 Å². The van der Waals surface area contributed by atoms with E-state index in [0.717, 1.165) is 40.3 Å². The molecular formula is C17H20BrN3. The molecule has 1 fully saturated rings. The zero-order chi connectivity index (χ0) is 14.8. The lowest BCUT2D eigenvalue weighted by Gasteiger charge is -2.25. The molecule has 1 aromatic carbocycles. The molecule has 3 nitrogen and oxygen atoms in total. The second kappa shape index (κ2) is 6.14. The Morgan fingerprint density at radius 1 is 1.05 bits per heavy atom. The van der Waals surface area contributed by atoms with Crippen molar-refractivity contribution in [3.8, 4) is 11.3 Å². The molecule has 0 radical (unpaired) electrons. The quantitative estimate of drug-likeness (QED) is 0.851. The zero-order valence-electron chi connectivity index (χ0n) is 12.2. The van der Waals surface area contributed by atoms with Gasteiger partial charge in [-0.05, 0) is 34.7 Å². The Morgan fingerprint density at radius 2 is 1.71 bits per heavy atom. The lowest BCUT2D eigenvalue weighted by molar-refractivity contribution is 0.340. The van der Waals surface area contributed by atoms with E-state index in [1.165, 1.54) is 12.8 Å². The largest absolute Gasteiger partial charge is 0.383 e. The van der Waals surface area contributed by atoms with Crippen molar-refractivity contribution < 1.29 is 0 Å². The van der Waals surface area contributed by atoms with Gasteiger partial charge in [0.25, 0.3) is 0 Å². The molecule has 1 aliphatic rings. The molecular weight excluding hydrogens is 326 g/mol. The normalized spacial score (nSPS) is 22.2. The zero-order valence-corrected chi connectivity index (χ0v) is 13.8. The first-order valence-corrected chi connectivity index (χ1v) is 8.32. The van der Waals surface area contributed by atoms with Crippen LogP contribution >= 0.6 is 15.9 Å². The molecule has 0 aliphatic heterocycles. The van der Waals surface area contributed by atoms with E-state index in [1.54, 1.807) is 0 Å². The molecule has 1 aromatic heterocycles. The smallest absolute Gasteiger partial charge is 0.142 e. The number of hydrogen-bond acceptors (Lipinski definition) is 3.